The minimum absolute atomic E-state index is 1.15. The number of rotatable bonds is 0. The number of hydrogen-bond acceptors (Lipinski definition) is 1. The third kappa shape index (κ3) is 3.28. The Hall–Kier alpha value is -0.790. The normalized spacial score (nSPS) is 8.40. The second kappa shape index (κ2) is 5.03. The van der Waals surface area contributed by atoms with Gasteiger partial charge in [0.1, 0.15) is 0 Å². The molecule has 0 aliphatic carbocycles. The van der Waals surface area contributed by atoms with Crippen molar-refractivity contribution in [1.29, 1.82) is 0 Å². The summed E-state index contributed by atoms with van der Waals surface area (Å²) in [4.78, 5) is 0. The summed E-state index contributed by atoms with van der Waals surface area (Å²) >= 11 is 0. The smallest absolute Gasteiger partial charge is 0.0519 e. The van der Waals surface area contributed by atoms with Gasteiger partial charge >= 0.3 is 0 Å². The maximum atomic E-state index is 3.80. The van der Waals surface area contributed by atoms with E-state index in [9.17, 15) is 0 Å². The Kier molecular flexibility index (Phi) is 4.63. The van der Waals surface area contributed by atoms with Gasteiger partial charge in [0, 0.05) is 5.69 Å². The van der Waals surface area contributed by atoms with Gasteiger partial charge in [-0.15, -0.1) is 0 Å². The number of nitrogens with zero attached hydrogens (tertiary/aromatic N) is 1. The van der Waals surface area contributed by atoms with Gasteiger partial charge < -0.3 is 0 Å². The van der Waals surface area contributed by atoms with Crippen molar-refractivity contribution in [2.24, 2.45) is 0 Å². The Morgan fingerprint density at radius 3 is 2.00 bits per heavy atom. The molecule has 1 aromatic rings. The Morgan fingerprint density at radius 1 is 1.40 bits per heavy atom. The Balaban J connectivity index is 0.000000236. The third-order valence-electron chi connectivity index (χ3n) is 1.08. The fourth-order valence-corrected chi connectivity index (χ4v) is 0.411. The van der Waals surface area contributed by atoms with Crippen molar-refractivity contribution in [1.82, 2.24) is 10.2 Å². The molecule has 0 unspecified atom stereocenters. The van der Waals surface area contributed by atoms with Crippen LogP contribution in [0.5, 0.6) is 0 Å². The average molecular weight is 140 g/mol. The number of H-pyrrole nitrogens is 1. The molecule has 0 amide bonds. The fourth-order valence-electron chi connectivity index (χ4n) is 0.411. The highest BCUT2D eigenvalue weighted by atomic mass is 15.1. The van der Waals surface area contributed by atoms with Crippen molar-refractivity contribution < 1.29 is 0 Å². The van der Waals surface area contributed by atoms with Crippen LogP contribution in [0.2, 0.25) is 0 Å². The predicted octanol–water partition coefficient (Wildman–Crippen LogP) is 2.44. The first kappa shape index (κ1) is 9.21. The van der Waals surface area contributed by atoms with E-state index < -0.39 is 0 Å². The lowest BCUT2D eigenvalue weighted by atomic mass is 10.3. The molecule has 0 saturated carbocycles. The Morgan fingerprint density at radius 2 is 1.90 bits per heavy atom. The second-order valence-corrected chi connectivity index (χ2v) is 2.39. The van der Waals surface area contributed by atoms with Crippen LogP contribution in [0.3, 0.4) is 0 Å². The SMILES string of the molecule is CCC.Cc1cn[nH]c1C. The summed E-state index contributed by atoms with van der Waals surface area (Å²) in [7, 11) is 0. The largest absolute Gasteiger partial charge is 0.283 e. The molecule has 0 radical (unpaired) electrons. The molecule has 1 heterocycles. The number of aryl methyl sites for hydroxylation is 2. The molecule has 0 fully saturated rings. The maximum absolute atomic E-state index is 3.80. The molecule has 58 valence electrons. The van der Waals surface area contributed by atoms with Crippen LogP contribution < -0.4 is 0 Å². The van der Waals surface area contributed by atoms with Gasteiger partial charge in [0.15, 0.2) is 0 Å². The summed E-state index contributed by atoms with van der Waals surface area (Å²) < 4.78 is 0. The summed E-state index contributed by atoms with van der Waals surface area (Å²) in [6.45, 7) is 8.28. The quantitative estimate of drug-likeness (QED) is 0.589. The lowest BCUT2D eigenvalue weighted by molar-refractivity contribution is 1.04. The second-order valence-electron chi connectivity index (χ2n) is 2.39. The van der Waals surface area contributed by atoms with Gasteiger partial charge in [-0.25, -0.2) is 0 Å². The molecule has 0 spiro atoms. The lowest BCUT2D eigenvalue weighted by Gasteiger charge is -1.78. The zero-order valence-electron chi connectivity index (χ0n) is 7.23. The first-order valence-electron chi connectivity index (χ1n) is 3.68. The molecule has 10 heavy (non-hydrogen) atoms. The fraction of sp³-hybridized carbons (Fsp3) is 0.625. The van der Waals surface area contributed by atoms with E-state index in [0.717, 1.165) is 5.69 Å². The minimum Gasteiger partial charge on any atom is -0.283 e. The summed E-state index contributed by atoms with van der Waals surface area (Å²) in [6.07, 6.45) is 3.06. The molecule has 0 bridgehead atoms. The van der Waals surface area contributed by atoms with Gasteiger partial charge in [-0.05, 0) is 19.4 Å². The number of aromatic nitrogens is 2. The molecule has 1 rings (SSSR count). The Labute approximate surface area is 62.7 Å². The highest BCUT2D eigenvalue weighted by Crippen LogP contribution is 1.96. The van der Waals surface area contributed by atoms with Crippen LogP contribution in [0.25, 0.3) is 0 Å². The van der Waals surface area contributed by atoms with Gasteiger partial charge in [-0.1, -0.05) is 20.3 Å². The van der Waals surface area contributed by atoms with Crippen LogP contribution in [0.1, 0.15) is 31.5 Å². The van der Waals surface area contributed by atoms with Crippen LogP contribution in [0.15, 0.2) is 6.20 Å². The number of hydrogen-bond donors (Lipinski definition) is 1. The van der Waals surface area contributed by atoms with E-state index in [-0.39, 0.29) is 0 Å². The zero-order valence-corrected chi connectivity index (χ0v) is 7.23. The third-order valence-corrected chi connectivity index (χ3v) is 1.08. The van der Waals surface area contributed by atoms with Crippen LogP contribution in [-0.2, 0) is 0 Å². The van der Waals surface area contributed by atoms with Crippen molar-refractivity contribution in [2.45, 2.75) is 34.1 Å². The van der Waals surface area contributed by atoms with E-state index >= 15 is 0 Å². The first-order chi connectivity index (χ1) is 4.72. The van der Waals surface area contributed by atoms with Gasteiger partial charge in [0.2, 0.25) is 0 Å². The summed E-state index contributed by atoms with van der Waals surface area (Å²) in [5.41, 5.74) is 2.38. The van der Waals surface area contributed by atoms with Gasteiger partial charge in [0.25, 0.3) is 0 Å². The average Bonchev–Trinajstić information content (AvgIpc) is 2.19. The van der Waals surface area contributed by atoms with Crippen molar-refractivity contribution in [3.63, 3.8) is 0 Å². The van der Waals surface area contributed by atoms with Crippen molar-refractivity contribution >= 4 is 0 Å². The first-order valence-corrected chi connectivity index (χ1v) is 3.68. The van der Waals surface area contributed by atoms with E-state index in [1.165, 1.54) is 12.0 Å². The summed E-state index contributed by atoms with van der Waals surface area (Å²) in [5, 5.41) is 6.61. The van der Waals surface area contributed by atoms with Crippen LogP contribution >= 0.6 is 0 Å². The van der Waals surface area contributed by atoms with E-state index in [1.807, 2.05) is 20.0 Å². The van der Waals surface area contributed by atoms with E-state index in [0.29, 0.717) is 0 Å². The standard InChI is InChI=1S/C5H8N2.C3H8/c1-4-3-6-7-5(4)2;1-3-2/h3H,1-2H3,(H,6,7);3H2,1-2H3. The molecule has 2 heteroatoms. The monoisotopic (exact) mass is 140 g/mol. The summed E-state index contributed by atoms with van der Waals surface area (Å²) in [5.74, 6) is 0. The van der Waals surface area contributed by atoms with Crippen molar-refractivity contribution in [3.05, 3.63) is 17.5 Å². The molecule has 1 aromatic heterocycles. The van der Waals surface area contributed by atoms with Crippen LogP contribution in [0.4, 0.5) is 0 Å². The predicted molar refractivity (Wildman–Crippen MR) is 44.0 cm³/mol. The van der Waals surface area contributed by atoms with E-state index in [2.05, 4.69) is 24.0 Å². The highest BCUT2D eigenvalue weighted by molar-refractivity contribution is 5.10. The molecule has 0 saturated heterocycles. The molecule has 2 nitrogen and oxygen atoms in total. The van der Waals surface area contributed by atoms with Gasteiger partial charge in [0.05, 0.1) is 6.20 Å². The van der Waals surface area contributed by atoms with Gasteiger partial charge in [-0.3, -0.25) is 5.10 Å². The number of aromatic amines is 1. The van der Waals surface area contributed by atoms with Gasteiger partial charge in [-0.2, -0.15) is 5.10 Å². The molecule has 0 aliphatic heterocycles. The molecule has 0 aliphatic rings. The topological polar surface area (TPSA) is 28.7 Å². The maximum Gasteiger partial charge on any atom is 0.0519 e. The lowest BCUT2D eigenvalue weighted by Crippen LogP contribution is -1.70. The van der Waals surface area contributed by atoms with E-state index in [1.54, 1.807) is 0 Å². The van der Waals surface area contributed by atoms with Crippen molar-refractivity contribution in [3.8, 4) is 0 Å². The van der Waals surface area contributed by atoms with Crippen LogP contribution in [0, 0.1) is 13.8 Å². The molecule has 1 N–H and O–H groups in total. The Bertz CT molecular complexity index is 151. The van der Waals surface area contributed by atoms with Crippen molar-refractivity contribution in [2.75, 3.05) is 0 Å². The highest BCUT2D eigenvalue weighted by Gasteiger charge is 1.87. The molecular weight excluding hydrogens is 124 g/mol. The molecule has 0 atom stereocenters. The van der Waals surface area contributed by atoms with E-state index in [4.69, 9.17) is 0 Å². The molecular formula is C8H16N2. The minimum atomic E-state index is 1.15. The summed E-state index contributed by atoms with van der Waals surface area (Å²) in [6, 6.07) is 0. The zero-order chi connectivity index (χ0) is 7.98. The number of nitrogens with one attached hydrogen (secondary N) is 1. The van der Waals surface area contributed by atoms with Crippen LogP contribution in [-0.4, -0.2) is 10.2 Å². The molecule has 0 aromatic carbocycles.